The van der Waals surface area contributed by atoms with E-state index in [-0.39, 0.29) is 11.4 Å². The van der Waals surface area contributed by atoms with E-state index in [0.717, 1.165) is 25.2 Å². The minimum Gasteiger partial charge on any atom is -0.323 e. The summed E-state index contributed by atoms with van der Waals surface area (Å²) in [4.78, 5) is 2.26. The first-order valence-corrected chi connectivity index (χ1v) is 4.81. The van der Waals surface area contributed by atoms with E-state index in [9.17, 15) is 4.39 Å². The molecule has 0 spiro atoms. The summed E-state index contributed by atoms with van der Waals surface area (Å²) in [6, 6.07) is 6.64. The third-order valence-electron chi connectivity index (χ3n) is 2.49. The van der Waals surface area contributed by atoms with Gasteiger partial charge in [0, 0.05) is 25.2 Å². The van der Waals surface area contributed by atoms with E-state index in [1.807, 2.05) is 19.1 Å². The highest BCUT2D eigenvalue weighted by Gasteiger charge is 2.34. The molecule has 0 saturated carbocycles. The molecule has 2 rings (SSSR count). The van der Waals surface area contributed by atoms with Gasteiger partial charge in [-0.25, -0.2) is 4.39 Å². The standard InChI is InChI=1S/C11H15FN2/c1-11(13)7-14(8-11)6-9-2-4-10(12)5-3-9/h2-5H,6-8,13H2,1H3. The predicted octanol–water partition coefficient (Wildman–Crippen LogP) is 1.36. The van der Waals surface area contributed by atoms with Gasteiger partial charge in [-0.3, -0.25) is 4.90 Å². The van der Waals surface area contributed by atoms with Crippen LogP contribution in [0.3, 0.4) is 0 Å². The van der Waals surface area contributed by atoms with Crippen LogP contribution in [-0.4, -0.2) is 23.5 Å². The Morgan fingerprint density at radius 2 is 1.93 bits per heavy atom. The summed E-state index contributed by atoms with van der Waals surface area (Å²) in [5.41, 5.74) is 7.00. The zero-order chi connectivity index (χ0) is 10.2. The van der Waals surface area contributed by atoms with Crippen LogP contribution in [-0.2, 0) is 6.54 Å². The zero-order valence-corrected chi connectivity index (χ0v) is 8.33. The number of hydrogen-bond donors (Lipinski definition) is 1. The first-order chi connectivity index (χ1) is 6.55. The van der Waals surface area contributed by atoms with Crippen molar-refractivity contribution in [3.63, 3.8) is 0 Å². The van der Waals surface area contributed by atoms with Crippen LogP contribution in [0.5, 0.6) is 0 Å². The van der Waals surface area contributed by atoms with Crippen LogP contribution in [0.25, 0.3) is 0 Å². The number of nitrogens with two attached hydrogens (primary N) is 1. The number of likely N-dealkylation sites (tertiary alicyclic amines) is 1. The molecule has 1 aliphatic heterocycles. The van der Waals surface area contributed by atoms with Gasteiger partial charge in [-0.05, 0) is 24.6 Å². The van der Waals surface area contributed by atoms with Crippen molar-refractivity contribution >= 4 is 0 Å². The topological polar surface area (TPSA) is 29.3 Å². The molecular weight excluding hydrogens is 179 g/mol. The molecule has 1 aliphatic rings. The maximum atomic E-state index is 12.6. The molecular formula is C11H15FN2. The summed E-state index contributed by atoms with van der Waals surface area (Å²) < 4.78 is 12.6. The summed E-state index contributed by atoms with van der Waals surface area (Å²) in [6.07, 6.45) is 0. The van der Waals surface area contributed by atoms with E-state index in [2.05, 4.69) is 4.90 Å². The lowest BCUT2D eigenvalue weighted by Gasteiger charge is -2.45. The molecule has 76 valence electrons. The first kappa shape index (κ1) is 9.62. The van der Waals surface area contributed by atoms with Crippen LogP contribution in [0.4, 0.5) is 4.39 Å². The van der Waals surface area contributed by atoms with E-state index in [0.29, 0.717) is 0 Å². The minimum atomic E-state index is -0.180. The molecule has 14 heavy (non-hydrogen) atoms. The normalized spacial score (nSPS) is 20.5. The Bertz CT molecular complexity index is 311. The van der Waals surface area contributed by atoms with Gasteiger partial charge in [0.1, 0.15) is 5.82 Å². The number of nitrogens with zero attached hydrogens (tertiary/aromatic N) is 1. The molecule has 0 bridgehead atoms. The van der Waals surface area contributed by atoms with Crippen LogP contribution >= 0.6 is 0 Å². The molecule has 1 heterocycles. The molecule has 0 atom stereocenters. The summed E-state index contributed by atoms with van der Waals surface area (Å²) in [7, 11) is 0. The summed E-state index contributed by atoms with van der Waals surface area (Å²) >= 11 is 0. The quantitative estimate of drug-likeness (QED) is 0.770. The first-order valence-electron chi connectivity index (χ1n) is 4.81. The molecule has 1 aromatic carbocycles. The van der Waals surface area contributed by atoms with E-state index < -0.39 is 0 Å². The summed E-state index contributed by atoms with van der Waals surface area (Å²) in [5, 5.41) is 0. The SMILES string of the molecule is CC1(N)CN(Cc2ccc(F)cc2)C1. The van der Waals surface area contributed by atoms with Crippen LogP contribution in [0, 0.1) is 5.82 Å². The lowest BCUT2D eigenvalue weighted by atomic mass is 9.93. The highest BCUT2D eigenvalue weighted by molar-refractivity contribution is 5.16. The number of benzene rings is 1. The molecule has 0 aliphatic carbocycles. The Morgan fingerprint density at radius 3 is 2.43 bits per heavy atom. The molecule has 0 amide bonds. The third-order valence-corrected chi connectivity index (χ3v) is 2.49. The van der Waals surface area contributed by atoms with Gasteiger partial charge in [0.2, 0.25) is 0 Å². The molecule has 0 aromatic heterocycles. The minimum absolute atomic E-state index is 0.0277. The van der Waals surface area contributed by atoms with Crippen LogP contribution < -0.4 is 5.73 Å². The Labute approximate surface area is 83.5 Å². The van der Waals surface area contributed by atoms with Crippen molar-refractivity contribution < 1.29 is 4.39 Å². The summed E-state index contributed by atoms with van der Waals surface area (Å²) in [6.45, 7) is 4.76. The Hall–Kier alpha value is -0.930. The fraction of sp³-hybridized carbons (Fsp3) is 0.455. The second kappa shape index (κ2) is 3.33. The van der Waals surface area contributed by atoms with Crippen molar-refractivity contribution in [1.29, 1.82) is 0 Å². The highest BCUT2D eigenvalue weighted by atomic mass is 19.1. The monoisotopic (exact) mass is 194 g/mol. The molecule has 1 aromatic rings. The van der Waals surface area contributed by atoms with Crippen molar-refractivity contribution in [2.24, 2.45) is 5.73 Å². The van der Waals surface area contributed by atoms with E-state index in [4.69, 9.17) is 5.73 Å². The fourth-order valence-corrected chi connectivity index (χ4v) is 1.94. The molecule has 0 radical (unpaired) electrons. The molecule has 1 fully saturated rings. The fourth-order valence-electron chi connectivity index (χ4n) is 1.94. The summed E-state index contributed by atoms with van der Waals surface area (Å²) in [5.74, 6) is -0.180. The average Bonchev–Trinajstić information content (AvgIpc) is 2.06. The van der Waals surface area contributed by atoms with Crippen LogP contribution in [0.2, 0.25) is 0 Å². The second-order valence-electron chi connectivity index (χ2n) is 4.43. The lowest BCUT2D eigenvalue weighted by molar-refractivity contribution is 0.0764. The average molecular weight is 194 g/mol. The Balaban J connectivity index is 1.90. The highest BCUT2D eigenvalue weighted by Crippen LogP contribution is 2.19. The maximum Gasteiger partial charge on any atom is 0.123 e. The predicted molar refractivity (Wildman–Crippen MR) is 54.3 cm³/mol. The smallest absolute Gasteiger partial charge is 0.123 e. The van der Waals surface area contributed by atoms with Gasteiger partial charge in [0.25, 0.3) is 0 Å². The molecule has 3 heteroatoms. The van der Waals surface area contributed by atoms with E-state index in [1.54, 1.807) is 0 Å². The maximum absolute atomic E-state index is 12.6. The van der Waals surface area contributed by atoms with Gasteiger partial charge in [0.15, 0.2) is 0 Å². The molecule has 2 nitrogen and oxygen atoms in total. The van der Waals surface area contributed by atoms with E-state index in [1.165, 1.54) is 12.1 Å². The lowest BCUT2D eigenvalue weighted by Crippen LogP contribution is -2.64. The van der Waals surface area contributed by atoms with Gasteiger partial charge in [-0.2, -0.15) is 0 Å². The molecule has 1 saturated heterocycles. The van der Waals surface area contributed by atoms with Crippen molar-refractivity contribution in [2.75, 3.05) is 13.1 Å². The van der Waals surface area contributed by atoms with Crippen molar-refractivity contribution in [3.05, 3.63) is 35.6 Å². The van der Waals surface area contributed by atoms with Gasteiger partial charge in [0.05, 0.1) is 0 Å². The van der Waals surface area contributed by atoms with Crippen LogP contribution in [0.15, 0.2) is 24.3 Å². The zero-order valence-electron chi connectivity index (χ0n) is 8.33. The van der Waals surface area contributed by atoms with Gasteiger partial charge in [-0.15, -0.1) is 0 Å². The Kier molecular flexibility index (Phi) is 2.29. The van der Waals surface area contributed by atoms with E-state index >= 15 is 0 Å². The van der Waals surface area contributed by atoms with Crippen LogP contribution in [0.1, 0.15) is 12.5 Å². The van der Waals surface area contributed by atoms with Crippen molar-refractivity contribution in [2.45, 2.75) is 19.0 Å². The third kappa shape index (κ3) is 2.11. The molecule has 2 N–H and O–H groups in total. The molecule has 0 unspecified atom stereocenters. The largest absolute Gasteiger partial charge is 0.323 e. The number of halogens is 1. The van der Waals surface area contributed by atoms with Gasteiger partial charge < -0.3 is 5.73 Å². The van der Waals surface area contributed by atoms with Crippen molar-refractivity contribution in [3.8, 4) is 0 Å². The number of hydrogen-bond acceptors (Lipinski definition) is 2. The number of rotatable bonds is 2. The second-order valence-corrected chi connectivity index (χ2v) is 4.43. The Morgan fingerprint density at radius 1 is 1.36 bits per heavy atom. The van der Waals surface area contributed by atoms with Gasteiger partial charge >= 0.3 is 0 Å². The van der Waals surface area contributed by atoms with Crippen molar-refractivity contribution in [1.82, 2.24) is 4.90 Å². The van der Waals surface area contributed by atoms with Gasteiger partial charge in [-0.1, -0.05) is 12.1 Å².